The van der Waals surface area contributed by atoms with Crippen molar-refractivity contribution in [3.63, 3.8) is 0 Å². The maximum absolute atomic E-state index is 12.1. The molecule has 3 unspecified atom stereocenters. The first-order chi connectivity index (χ1) is 7.86. The fourth-order valence-electron chi connectivity index (χ4n) is 2.17. The van der Waals surface area contributed by atoms with Gasteiger partial charge in [0, 0.05) is 11.3 Å². The zero-order valence-corrected chi connectivity index (χ0v) is 12.3. The number of carbonyl (C=O) groups is 1. The van der Waals surface area contributed by atoms with E-state index in [1.165, 1.54) is 12.8 Å². The Morgan fingerprint density at radius 2 is 2.12 bits per heavy atom. The number of hydrogen-bond acceptors (Lipinski definition) is 3. The molecular formula is C13H26N2OS. The summed E-state index contributed by atoms with van der Waals surface area (Å²) < 4.78 is 0. The van der Waals surface area contributed by atoms with E-state index in [4.69, 9.17) is 5.73 Å². The molecule has 0 heterocycles. The lowest BCUT2D eigenvalue weighted by Crippen LogP contribution is -2.52. The molecule has 0 spiro atoms. The summed E-state index contributed by atoms with van der Waals surface area (Å²) in [5.41, 5.74) is 5.80. The van der Waals surface area contributed by atoms with Crippen molar-refractivity contribution in [2.24, 2.45) is 11.1 Å². The second-order valence-electron chi connectivity index (χ2n) is 5.88. The van der Waals surface area contributed by atoms with Crippen LogP contribution < -0.4 is 11.1 Å². The fraction of sp³-hybridized carbons (Fsp3) is 0.923. The molecule has 3 N–H and O–H groups in total. The summed E-state index contributed by atoms with van der Waals surface area (Å²) in [6.45, 7) is 8.18. The Labute approximate surface area is 109 Å². The first-order valence-corrected chi connectivity index (χ1v) is 7.58. The monoisotopic (exact) mass is 258 g/mol. The number of hydrogen-bond donors (Lipinski definition) is 2. The largest absolute Gasteiger partial charge is 0.351 e. The molecule has 1 fully saturated rings. The van der Waals surface area contributed by atoms with Gasteiger partial charge in [0.15, 0.2) is 0 Å². The molecule has 0 saturated heterocycles. The van der Waals surface area contributed by atoms with Crippen LogP contribution in [0.4, 0.5) is 0 Å². The van der Waals surface area contributed by atoms with E-state index in [9.17, 15) is 4.79 Å². The second-order valence-corrected chi connectivity index (χ2v) is 7.40. The van der Waals surface area contributed by atoms with E-state index in [-0.39, 0.29) is 11.3 Å². The van der Waals surface area contributed by atoms with Gasteiger partial charge in [-0.25, -0.2) is 0 Å². The first kappa shape index (κ1) is 14.8. The molecule has 4 heteroatoms. The molecule has 1 amide bonds. The van der Waals surface area contributed by atoms with Crippen molar-refractivity contribution in [3.8, 4) is 0 Å². The Morgan fingerprint density at radius 3 is 2.65 bits per heavy atom. The summed E-state index contributed by atoms with van der Waals surface area (Å²) in [7, 11) is 0. The molecule has 0 bridgehead atoms. The van der Waals surface area contributed by atoms with E-state index in [1.54, 1.807) is 0 Å². The molecule has 3 atom stereocenters. The maximum Gasteiger partial charge on any atom is 0.237 e. The maximum atomic E-state index is 12.1. The molecule has 0 aromatic carbocycles. The van der Waals surface area contributed by atoms with E-state index in [0.717, 1.165) is 12.2 Å². The predicted octanol–water partition coefficient (Wildman–Crippen LogP) is 2.15. The van der Waals surface area contributed by atoms with E-state index in [1.807, 2.05) is 32.5 Å². The molecule has 0 radical (unpaired) electrons. The van der Waals surface area contributed by atoms with Crippen molar-refractivity contribution in [2.75, 3.05) is 5.75 Å². The minimum Gasteiger partial charge on any atom is -0.351 e. The minimum atomic E-state index is -0.421. The van der Waals surface area contributed by atoms with Crippen molar-refractivity contribution in [2.45, 2.75) is 64.3 Å². The smallest absolute Gasteiger partial charge is 0.237 e. The molecular weight excluding hydrogens is 232 g/mol. The van der Waals surface area contributed by atoms with Crippen LogP contribution in [-0.2, 0) is 4.79 Å². The third-order valence-corrected chi connectivity index (χ3v) is 4.70. The third-order valence-electron chi connectivity index (χ3n) is 3.38. The van der Waals surface area contributed by atoms with Crippen LogP contribution in [-0.4, -0.2) is 29.0 Å². The summed E-state index contributed by atoms with van der Waals surface area (Å²) in [6, 6.07) is -0.101. The van der Waals surface area contributed by atoms with Gasteiger partial charge in [-0.2, -0.15) is 11.8 Å². The topological polar surface area (TPSA) is 55.1 Å². The summed E-state index contributed by atoms with van der Waals surface area (Å²) >= 11 is 1.95. The van der Waals surface area contributed by atoms with Crippen LogP contribution in [0.3, 0.4) is 0 Å². The molecule has 1 saturated carbocycles. The van der Waals surface area contributed by atoms with Crippen molar-refractivity contribution in [1.29, 1.82) is 0 Å². The van der Waals surface area contributed by atoms with Gasteiger partial charge in [-0.15, -0.1) is 0 Å². The molecule has 1 rings (SSSR count). The van der Waals surface area contributed by atoms with Gasteiger partial charge in [0.05, 0.1) is 6.04 Å². The molecule has 17 heavy (non-hydrogen) atoms. The molecule has 1 aliphatic carbocycles. The highest BCUT2D eigenvalue weighted by Gasteiger charge is 2.33. The quantitative estimate of drug-likeness (QED) is 0.812. The average Bonchev–Trinajstić information content (AvgIpc) is 2.64. The molecule has 3 nitrogen and oxygen atoms in total. The van der Waals surface area contributed by atoms with E-state index in [2.05, 4.69) is 12.2 Å². The predicted molar refractivity (Wildman–Crippen MR) is 75.1 cm³/mol. The number of nitrogens with one attached hydrogen (secondary N) is 1. The lowest BCUT2D eigenvalue weighted by atomic mass is 9.87. The highest BCUT2D eigenvalue weighted by Crippen LogP contribution is 2.30. The Balaban J connectivity index is 2.50. The summed E-state index contributed by atoms with van der Waals surface area (Å²) in [4.78, 5) is 12.1. The van der Waals surface area contributed by atoms with E-state index < -0.39 is 6.04 Å². The summed E-state index contributed by atoms with van der Waals surface area (Å²) in [5.74, 6) is 1.12. The third kappa shape index (κ3) is 4.18. The van der Waals surface area contributed by atoms with Crippen LogP contribution in [0.15, 0.2) is 0 Å². The van der Waals surface area contributed by atoms with Gasteiger partial charge in [-0.1, -0.05) is 34.1 Å². The minimum absolute atomic E-state index is 0.00565. The van der Waals surface area contributed by atoms with Crippen molar-refractivity contribution >= 4 is 17.7 Å². The average molecular weight is 258 g/mol. The Morgan fingerprint density at radius 1 is 1.47 bits per heavy atom. The molecule has 1 aliphatic rings. The zero-order chi connectivity index (χ0) is 13.1. The van der Waals surface area contributed by atoms with Crippen LogP contribution in [0.5, 0.6) is 0 Å². The Bertz CT molecular complexity index is 263. The lowest BCUT2D eigenvalue weighted by Gasteiger charge is -2.28. The summed E-state index contributed by atoms with van der Waals surface area (Å²) in [5, 5.41) is 3.72. The van der Waals surface area contributed by atoms with E-state index in [0.29, 0.717) is 11.3 Å². The van der Waals surface area contributed by atoms with Gasteiger partial charge in [-0.05, 0) is 24.0 Å². The first-order valence-electron chi connectivity index (χ1n) is 6.53. The number of carbonyl (C=O) groups excluding carboxylic acids is 1. The van der Waals surface area contributed by atoms with Gasteiger partial charge < -0.3 is 11.1 Å². The standard InChI is InChI=1S/C13H26N2OS/c1-5-17-10-8-6-7-9(10)15-12(16)11(14)13(2,3)4/h9-11H,5-8,14H2,1-4H3,(H,15,16). The molecule has 0 aliphatic heterocycles. The summed E-state index contributed by atoms with van der Waals surface area (Å²) in [6.07, 6.45) is 3.53. The Kier molecular flexibility index (Phi) is 5.32. The highest BCUT2D eigenvalue weighted by atomic mass is 32.2. The zero-order valence-electron chi connectivity index (χ0n) is 11.5. The van der Waals surface area contributed by atoms with Gasteiger partial charge >= 0.3 is 0 Å². The number of rotatable bonds is 4. The number of amides is 1. The van der Waals surface area contributed by atoms with Gasteiger partial charge in [0.2, 0.25) is 5.91 Å². The second kappa shape index (κ2) is 6.10. The van der Waals surface area contributed by atoms with Crippen LogP contribution in [0, 0.1) is 5.41 Å². The molecule has 0 aromatic heterocycles. The highest BCUT2D eigenvalue weighted by molar-refractivity contribution is 7.99. The van der Waals surface area contributed by atoms with Crippen LogP contribution in [0.1, 0.15) is 47.0 Å². The van der Waals surface area contributed by atoms with Crippen molar-refractivity contribution in [1.82, 2.24) is 5.32 Å². The van der Waals surface area contributed by atoms with Gasteiger partial charge in [0.25, 0.3) is 0 Å². The Hall–Kier alpha value is -0.220. The SMILES string of the molecule is CCSC1CCCC1NC(=O)C(N)C(C)(C)C. The number of thioether (sulfide) groups is 1. The van der Waals surface area contributed by atoms with Gasteiger partial charge in [-0.3, -0.25) is 4.79 Å². The van der Waals surface area contributed by atoms with Crippen LogP contribution in [0.2, 0.25) is 0 Å². The van der Waals surface area contributed by atoms with Gasteiger partial charge in [0.1, 0.15) is 0 Å². The van der Waals surface area contributed by atoms with Crippen molar-refractivity contribution < 1.29 is 4.79 Å². The number of nitrogens with two attached hydrogens (primary N) is 1. The van der Waals surface area contributed by atoms with Crippen molar-refractivity contribution in [3.05, 3.63) is 0 Å². The molecule has 0 aromatic rings. The normalized spacial score (nSPS) is 26.9. The lowest BCUT2D eigenvalue weighted by molar-refractivity contribution is -0.125. The van der Waals surface area contributed by atoms with E-state index >= 15 is 0 Å². The van der Waals surface area contributed by atoms with Crippen LogP contribution >= 0.6 is 11.8 Å². The van der Waals surface area contributed by atoms with Crippen LogP contribution in [0.25, 0.3) is 0 Å². The fourth-order valence-corrected chi connectivity index (χ4v) is 3.37. The molecule has 100 valence electrons.